The number of hydrogen-bond acceptors (Lipinski definition) is 6. The highest BCUT2D eigenvalue weighted by atomic mass is 16.5. The standard InChI is InChI=1S/C22H28N4O3/c1-14-4-5-19-20(8-14)25-22(24-19)21-17(13-27)9-18(10-23-21)28-7-6-26-11-15(2)29-16(3)12-26/h4-5,8-10,15-16,27H,6-7,11-13H2,1-3H3,(H,24,25). The number of aromatic amines is 1. The number of aliphatic hydroxyl groups excluding tert-OH is 1. The van der Waals surface area contributed by atoms with E-state index in [1.165, 1.54) is 0 Å². The van der Waals surface area contributed by atoms with Crippen molar-refractivity contribution in [3.63, 3.8) is 0 Å². The molecule has 2 atom stereocenters. The van der Waals surface area contributed by atoms with Gasteiger partial charge in [0.05, 0.1) is 36.0 Å². The summed E-state index contributed by atoms with van der Waals surface area (Å²) in [5.74, 6) is 1.30. The zero-order valence-electron chi connectivity index (χ0n) is 17.2. The number of morpholine rings is 1. The van der Waals surface area contributed by atoms with Gasteiger partial charge in [-0.3, -0.25) is 4.90 Å². The molecule has 4 rings (SSSR count). The number of rotatable bonds is 6. The molecule has 3 aromatic rings. The zero-order valence-corrected chi connectivity index (χ0v) is 17.2. The Morgan fingerprint density at radius 1 is 1.24 bits per heavy atom. The van der Waals surface area contributed by atoms with E-state index in [2.05, 4.69) is 39.8 Å². The SMILES string of the molecule is Cc1ccc2nc(-c3ncc(OCCN4CC(C)OC(C)C4)cc3CO)[nH]c2c1. The third-order valence-electron chi connectivity index (χ3n) is 5.15. The van der Waals surface area contributed by atoms with Gasteiger partial charge in [-0.25, -0.2) is 9.97 Å². The molecule has 2 N–H and O–H groups in total. The molecule has 29 heavy (non-hydrogen) atoms. The number of aromatic nitrogens is 3. The minimum atomic E-state index is -0.131. The van der Waals surface area contributed by atoms with Gasteiger partial charge in [-0.05, 0) is 44.5 Å². The number of nitrogens with one attached hydrogen (secondary N) is 1. The van der Waals surface area contributed by atoms with Crippen LogP contribution in [0.4, 0.5) is 0 Å². The first kappa shape index (κ1) is 19.8. The number of ether oxygens (including phenoxy) is 2. The highest BCUT2D eigenvalue weighted by Crippen LogP contribution is 2.25. The van der Waals surface area contributed by atoms with E-state index in [9.17, 15) is 5.11 Å². The molecular weight excluding hydrogens is 368 g/mol. The molecule has 1 aliphatic heterocycles. The number of nitrogens with zero attached hydrogens (tertiary/aromatic N) is 3. The minimum absolute atomic E-state index is 0.131. The molecule has 0 aliphatic carbocycles. The summed E-state index contributed by atoms with van der Waals surface area (Å²) in [5.41, 5.74) is 4.33. The van der Waals surface area contributed by atoms with Crippen molar-refractivity contribution in [3.8, 4) is 17.3 Å². The second kappa shape index (κ2) is 8.49. The Morgan fingerprint density at radius 2 is 2.03 bits per heavy atom. The lowest BCUT2D eigenvalue weighted by Crippen LogP contribution is -2.46. The van der Waals surface area contributed by atoms with Gasteiger partial charge in [-0.2, -0.15) is 0 Å². The molecule has 0 amide bonds. The average Bonchev–Trinajstić information content (AvgIpc) is 3.10. The molecule has 1 saturated heterocycles. The normalized spacial score (nSPS) is 20.3. The van der Waals surface area contributed by atoms with E-state index < -0.39 is 0 Å². The highest BCUT2D eigenvalue weighted by molar-refractivity contribution is 5.79. The first-order valence-corrected chi connectivity index (χ1v) is 10.1. The Balaban J connectivity index is 1.45. The third kappa shape index (κ3) is 4.58. The summed E-state index contributed by atoms with van der Waals surface area (Å²) in [5, 5.41) is 9.85. The molecule has 1 fully saturated rings. The molecule has 0 saturated carbocycles. The van der Waals surface area contributed by atoms with Crippen LogP contribution in [0.5, 0.6) is 5.75 Å². The largest absolute Gasteiger partial charge is 0.491 e. The molecular formula is C22H28N4O3. The maximum Gasteiger partial charge on any atom is 0.157 e. The second-order valence-corrected chi connectivity index (χ2v) is 7.81. The van der Waals surface area contributed by atoms with Gasteiger partial charge in [-0.1, -0.05) is 6.07 Å². The summed E-state index contributed by atoms with van der Waals surface area (Å²) in [6.07, 6.45) is 2.18. The van der Waals surface area contributed by atoms with Crippen molar-refractivity contribution in [2.75, 3.05) is 26.2 Å². The van der Waals surface area contributed by atoms with Crippen molar-refractivity contribution in [2.45, 2.75) is 39.6 Å². The van der Waals surface area contributed by atoms with Crippen molar-refractivity contribution >= 4 is 11.0 Å². The van der Waals surface area contributed by atoms with Crippen LogP contribution in [-0.2, 0) is 11.3 Å². The smallest absolute Gasteiger partial charge is 0.157 e. The van der Waals surface area contributed by atoms with E-state index in [0.717, 1.165) is 36.2 Å². The number of aryl methyl sites for hydroxylation is 1. The van der Waals surface area contributed by atoms with Gasteiger partial charge >= 0.3 is 0 Å². The predicted molar refractivity (Wildman–Crippen MR) is 112 cm³/mol. The van der Waals surface area contributed by atoms with Crippen LogP contribution in [0.25, 0.3) is 22.6 Å². The Bertz CT molecular complexity index is 977. The Hall–Kier alpha value is -2.48. The highest BCUT2D eigenvalue weighted by Gasteiger charge is 2.21. The summed E-state index contributed by atoms with van der Waals surface area (Å²) >= 11 is 0. The minimum Gasteiger partial charge on any atom is -0.491 e. The van der Waals surface area contributed by atoms with Gasteiger partial charge in [-0.15, -0.1) is 0 Å². The van der Waals surface area contributed by atoms with Crippen LogP contribution in [0.1, 0.15) is 25.0 Å². The maximum atomic E-state index is 9.85. The van der Waals surface area contributed by atoms with Gasteiger partial charge < -0.3 is 19.6 Å². The van der Waals surface area contributed by atoms with Crippen molar-refractivity contribution in [1.29, 1.82) is 0 Å². The van der Waals surface area contributed by atoms with E-state index in [4.69, 9.17) is 9.47 Å². The quantitative estimate of drug-likeness (QED) is 0.667. The maximum absolute atomic E-state index is 9.85. The molecule has 0 bridgehead atoms. The van der Waals surface area contributed by atoms with Gasteiger partial charge in [0.15, 0.2) is 5.82 Å². The van der Waals surface area contributed by atoms with Crippen LogP contribution in [0.3, 0.4) is 0 Å². The molecule has 0 spiro atoms. The van der Waals surface area contributed by atoms with E-state index >= 15 is 0 Å². The lowest BCUT2D eigenvalue weighted by molar-refractivity contribution is -0.0699. The van der Waals surface area contributed by atoms with E-state index in [1.54, 1.807) is 6.20 Å². The molecule has 0 radical (unpaired) electrons. The number of benzene rings is 1. The zero-order chi connectivity index (χ0) is 20.4. The molecule has 154 valence electrons. The average molecular weight is 396 g/mol. The monoisotopic (exact) mass is 396 g/mol. The third-order valence-corrected chi connectivity index (χ3v) is 5.15. The number of aliphatic hydroxyl groups is 1. The van der Waals surface area contributed by atoms with Crippen LogP contribution >= 0.6 is 0 Å². The first-order chi connectivity index (χ1) is 14.0. The predicted octanol–water partition coefficient (Wildman–Crippen LogP) is 2.91. The van der Waals surface area contributed by atoms with Crippen molar-refractivity contribution in [1.82, 2.24) is 19.9 Å². The van der Waals surface area contributed by atoms with E-state index in [0.29, 0.717) is 29.4 Å². The first-order valence-electron chi connectivity index (χ1n) is 10.1. The van der Waals surface area contributed by atoms with Gasteiger partial charge in [0.25, 0.3) is 0 Å². The van der Waals surface area contributed by atoms with Crippen LogP contribution in [0, 0.1) is 6.92 Å². The lowest BCUT2D eigenvalue weighted by Gasteiger charge is -2.35. The van der Waals surface area contributed by atoms with Crippen LogP contribution in [0.2, 0.25) is 0 Å². The van der Waals surface area contributed by atoms with E-state index in [-0.39, 0.29) is 18.8 Å². The molecule has 7 heteroatoms. The van der Waals surface area contributed by atoms with Gasteiger partial charge in [0.2, 0.25) is 0 Å². The number of hydrogen-bond donors (Lipinski definition) is 2. The molecule has 2 aromatic heterocycles. The fourth-order valence-electron chi connectivity index (χ4n) is 3.90. The number of fused-ring (bicyclic) bond motifs is 1. The molecule has 7 nitrogen and oxygen atoms in total. The van der Waals surface area contributed by atoms with E-state index in [1.807, 2.05) is 25.1 Å². The fraction of sp³-hybridized carbons (Fsp3) is 0.455. The Kier molecular flexibility index (Phi) is 5.80. The molecule has 3 heterocycles. The summed E-state index contributed by atoms with van der Waals surface area (Å²) in [7, 11) is 0. The Labute approximate surface area is 170 Å². The summed E-state index contributed by atoms with van der Waals surface area (Å²) in [6.45, 7) is 9.33. The van der Waals surface area contributed by atoms with Crippen LogP contribution in [0.15, 0.2) is 30.5 Å². The van der Waals surface area contributed by atoms with Gasteiger partial charge in [0.1, 0.15) is 18.1 Å². The summed E-state index contributed by atoms with van der Waals surface area (Å²) < 4.78 is 11.7. The van der Waals surface area contributed by atoms with Gasteiger partial charge in [0, 0.05) is 25.2 Å². The van der Waals surface area contributed by atoms with Crippen molar-refractivity contribution in [3.05, 3.63) is 41.6 Å². The second-order valence-electron chi connectivity index (χ2n) is 7.81. The summed E-state index contributed by atoms with van der Waals surface area (Å²) in [6, 6.07) is 7.90. The van der Waals surface area contributed by atoms with Crippen molar-refractivity contribution < 1.29 is 14.6 Å². The number of H-pyrrole nitrogens is 1. The van der Waals surface area contributed by atoms with Crippen LogP contribution in [-0.4, -0.2) is 63.4 Å². The topological polar surface area (TPSA) is 83.5 Å². The lowest BCUT2D eigenvalue weighted by atomic mass is 10.2. The number of pyridine rings is 1. The number of imidazole rings is 1. The fourth-order valence-corrected chi connectivity index (χ4v) is 3.90. The van der Waals surface area contributed by atoms with Crippen LogP contribution < -0.4 is 4.74 Å². The molecule has 1 aliphatic rings. The molecule has 1 aromatic carbocycles. The molecule has 2 unspecified atom stereocenters. The summed E-state index contributed by atoms with van der Waals surface area (Å²) in [4.78, 5) is 14.8. The Morgan fingerprint density at radius 3 is 2.79 bits per heavy atom. The van der Waals surface area contributed by atoms with Crippen molar-refractivity contribution in [2.24, 2.45) is 0 Å².